The number of nitrogens with zero attached hydrogens (tertiary/aromatic N) is 1. The van der Waals surface area contributed by atoms with E-state index in [1.54, 1.807) is 0 Å². The zero-order valence-electron chi connectivity index (χ0n) is 20.1. The minimum atomic E-state index is -0.740. The Morgan fingerprint density at radius 3 is 2.17 bits per heavy atom. The highest BCUT2D eigenvalue weighted by molar-refractivity contribution is 6.28. The van der Waals surface area contributed by atoms with E-state index < -0.39 is 5.60 Å². The van der Waals surface area contributed by atoms with Crippen molar-refractivity contribution in [2.75, 3.05) is 6.61 Å². The predicted octanol–water partition coefficient (Wildman–Crippen LogP) is 6.46. The van der Waals surface area contributed by atoms with Crippen LogP contribution in [0.5, 0.6) is 11.5 Å². The fraction of sp³-hybridized carbons (Fsp3) is 0.200. The standard InChI is InChI=1S/C30H27NO4/c1-4-33-24-17-12-22(13-18-24)28-27(29(32)35-30(28,2)3)21-10-15-25(16-11-21)34-19-23-14-9-20-7-5-6-8-26(20)31-23/h5-18H,4,19H2,1-3H3. The highest BCUT2D eigenvalue weighted by Crippen LogP contribution is 2.44. The topological polar surface area (TPSA) is 57.7 Å². The van der Waals surface area contributed by atoms with E-state index in [0.29, 0.717) is 24.5 Å². The first-order valence-electron chi connectivity index (χ1n) is 11.7. The monoisotopic (exact) mass is 465 g/mol. The number of carbonyl (C=O) groups is 1. The summed E-state index contributed by atoms with van der Waals surface area (Å²) >= 11 is 0. The average molecular weight is 466 g/mol. The molecule has 4 aromatic rings. The number of benzene rings is 3. The van der Waals surface area contributed by atoms with Crippen LogP contribution in [-0.2, 0) is 16.1 Å². The first kappa shape index (κ1) is 22.7. The zero-order valence-corrected chi connectivity index (χ0v) is 20.1. The molecule has 0 atom stereocenters. The molecule has 0 radical (unpaired) electrons. The number of ether oxygens (including phenoxy) is 3. The summed E-state index contributed by atoms with van der Waals surface area (Å²) in [6.07, 6.45) is 0. The van der Waals surface area contributed by atoms with Gasteiger partial charge in [0.05, 0.1) is 23.4 Å². The van der Waals surface area contributed by atoms with Crippen molar-refractivity contribution < 1.29 is 19.0 Å². The molecular weight excluding hydrogens is 438 g/mol. The molecule has 2 heterocycles. The van der Waals surface area contributed by atoms with Crippen molar-refractivity contribution in [1.29, 1.82) is 0 Å². The molecule has 1 aliphatic rings. The summed E-state index contributed by atoms with van der Waals surface area (Å²) in [5.41, 5.74) is 4.22. The highest BCUT2D eigenvalue weighted by Gasteiger charge is 2.41. The molecule has 5 nitrogen and oxygen atoms in total. The van der Waals surface area contributed by atoms with Crippen molar-refractivity contribution in [2.24, 2.45) is 0 Å². The van der Waals surface area contributed by atoms with Crippen molar-refractivity contribution >= 4 is 28.0 Å². The van der Waals surface area contributed by atoms with E-state index in [1.807, 2.05) is 106 Å². The second kappa shape index (κ2) is 9.26. The average Bonchev–Trinajstić information content (AvgIpc) is 3.11. The van der Waals surface area contributed by atoms with E-state index in [0.717, 1.165) is 39.0 Å². The number of esters is 1. The summed E-state index contributed by atoms with van der Waals surface area (Å²) in [5, 5.41) is 1.10. The Bertz CT molecular complexity index is 1400. The molecule has 0 saturated heterocycles. The first-order chi connectivity index (χ1) is 16.9. The second-order valence-corrected chi connectivity index (χ2v) is 8.92. The summed E-state index contributed by atoms with van der Waals surface area (Å²) in [7, 11) is 0. The number of aromatic nitrogens is 1. The number of para-hydroxylation sites is 1. The Hall–Kier alpha value is -4.12. The molecule has 35 heavy (non-hydrogen) atoms. The lowest BCUT2D eigenvalue weighted by Gasteiger charge is -2.22. The Balaban J connectivity index is 1.39. The first-order valence-corrected chi connectivity index (χ1v) is 11.7. The highest BCUT2D eigenvalue weighted by atomic mass is 16.6. The number of carbonyl (C=O) groups excluding carboxylic acids is 1. The van der Waals surface area contributed by atoms with Crippen molar-refractivity contribution in [3.05, 3.63) is 102 Å². The summed E-state index contributed by atoms with van der Waals surface area (Å²) in [6.45, 7) is 6.74. The minimum Gasteiger partial charge on any atom is -0.494 e. The minimum absolute atomic E-state index is 0.326. The maximum atomic E-state index is 12.9. The van der Waals surface area contributed by atoms with E-state index in [2.05, 4.69) is 4.98 Å². The van der Waals surface area contributed by atoms with Gasteiger partial charge in [-0.2, -0.15) is 0 Å². The third-order valence-corrected chi connectivity index (χ3v) is 6.04. The molecule has 3 aromatic carbocycles. The lowest BCUT2D eigenvalue weighted by Crippen LogP contribution is -2.22. The molecule has 0 aliphatic carbocycles. The van der Waals surface area contributed by atoms with E-state index >= 15 is 0 Å². The van der Waals surface area contributed by atoms with Crippen molar-refractivity contribution in [2.45, 2.75) is 33.0 Å². The zero-order chi connectivity index (χ0) is 24.4. The fourth-order valence-electron chi connectivity index (χ4n) is 4.44. The number of fused-ring (bicyclic) bond motifs is 1. The van der Waals surface area contributed by atoms with E-state index in [4.69, 9.17) is 14.2 Å². The molecule has 1 aromatic heterocycles. The van der Waals surface area contributed by atoms with Crippen LogP contribution >= 0.6 is 0 Å². The summed E-state index contributed by atoms with van der Waals surface area (Å²) in [6, 6.07) is 27.3. The van der Waals surface area contributed by atoms with Crippen LogP contribution in [-0.4, -0.2) is 23.2 Å². The van der Waals surface area contributed by atoms with Gasteiger partial charge in [0.25, 0.3) is 0 Å². The Kier molecular flexibility index (Phi) is 6.00. The molecule has 0 saturated carbocycles. The van der Waals surface area contributed by atoms with Crippen LogP contribution in [0, 0.1) is 0 Å². The smallest absolute Gasteiger partial charge is 0.340 e. The fourth-order valence-corrected chi connectivity index (χ4v) is 4.44. The summed E-state index contributed by atoms with van der Waals surface area (Å²) in [4.78, 5) is 17.6. The van der Waals surface area contributed by atoms with Gasteiger partial charge in [-0.25, -0.2) is 9.78 Å². The molecule has 5 heteroatoms. The Morgan fingerprint density at radius 1 is 0.800 bits per heavy atom. The van der Waals surface area contributed by atoms with Gasteiger partial charge < -0.3 is 14.2 Å². The third-order valence-electron chi connectivity index (χ3n) is 6.04. The van der Waals surface area contributed by atoms with E-state index in [-0.39, 0.29) is 5.97 Å². The van der Waals surface area contributed by atoms with Gasteiger partial charge in [-0.3, -0.25) is 0 Å². The van der Waals surface area contributed by atoms with Gasteiger partial charge in [0, 0.05) is 11.0 Å². The van der Waals surface area contributed by atoms with Crippen LogP contribution in [0.2, 0.25) is 0 Å². The molecule has 0 bridgehead atoms. The molecule has 1 aliphatic heterocycles. The van der Waals surface area contributed by atoms with E-state index in [1.165, 1.54) is 0 Å². The molecule has 0 fully saturated rings. The second-order valence-electron chi connectivity index (χ2n) is 8.92. The van der Waals surface area contributed by atoms with Crippen molar-refractivity contribution in [1.82, 2.24) is 4.98 Å². The number of hydrogen-bond donors (Lipinski definition) is 0. The van der Waals surface area contributed by atoms with Crippen LogP contribution in [0.1, 0.15) is 37.6 Å². The molecular formula is C30H27NO4. The van der Waals surface area contributed by atoms with Gasteiger partial charge in [-0.15, -0.1) is 0 Å². The third kappa shape index (κ3) is 4.62. The molecule has 0 N–H and O–H groups in total. The predicted molar refractivity (Wildman–Crippen MR) is 137 cm³/mol. The molecule has 0 unspecified atom stereocenters. The normalized spacial score (nSPS) is 14.8. The van der Waals surface area contributed by atoms with Gasteiger partial charge in [0.2, 0.25) is 0 Å². The van der Waals surface area contributed by atoms with Gasteiger partial charge in [0.1, 0.15) is 23.7 Å². The summed E-state index contributed by atoms with van der Waals surface area (Å²) < 4.78 is 17.3. The van der Waals surface area contributed by atoms with Gasteiger partial charge in [0.15, 0.2) is 0 Å². The molecule has 176 valence electrons. The van der Waals surface area contributed by atoms with Crippen LogP contribution in [0.4, 0.5) is 0 Å². The lowest BCUT2D eigenvalue weighted by atomic mass is 9.87. The maximum absolute atomic E-state index is 12.9. The van der Waals surface area contributed by atoms with Gasteiger partial charge in [-0.1, -0.05) is 48.5 Å². The Morgan fingerprint density at radius 2 is 1.46 bits per heavy atom. The lowest BCUT2D eigenvalue weighted by molar-refractivity contribution is -0.141. The molecule has 5 rings (SSSR count). The summed E-state index contributed by atoms with van der Waals surface area (Å²) in [5.74, 6) is 1.18. The van der Waals surface area contributed by atoms with Crippen LogP contribution in [0.15, 0.2) is 84.9 Å². The number of hydrogen-bond acceptors (Lipinski definition) is 5. The SMILES string of the molecule is CCOc1ccc(C2=C(c3ccc(OCc4ccc5ccccc5n4)cc3)C(=O)OC2(C)C)cc1. The van der Waals surface area contributed by atoms with Gasteiger partial charge >= 0.3 is 5.97 Å². The van der Waals surface area contributed by atoms with Crippen LogP contribution in [0.3, 0.4) is 0 Å². The number of rotatable bonds is 7. The molecule has 0 spiro atoms. The van der Waals surface area contributed by atoms with Crippen LogP contribution < -0.4 is 9.47 Å². The largest absolute Gasteiger partial charge is 0.494 e. The maximum Gasteiger partial charge on any atom is 0.340 e. The number of pyridine rings is 1. The quantitative estimate of drug-likeness (QED) is 0.293. The van der Waals surface area contributed by atoms with Crippen LogP contribution in [0.25, 0.3) is 22.0 Å². The number of cyclic esters (lactones) is 1. The Labute approximate surface area is 205 Å². The van der Waals surface area contributed by atoms with Gasteiger partial charge in [-0.05, 0) is 68.3 Å². The van der Waals surface area contributed by atoms with Crippen molar-refractivity contribution in [3.8, 4) is 11.5 Å². The molecule has 0 amide bonds. The van der Waals surface area contributed by atoms with Crippen molar-refractivity contribution in [3.63, 3.8) is 0 Å². The van der Waals surface area contributed by atoms with E-state index in [9.17, 15) is 4.79 Å².